The van der Waals surface area contributed by atoms with Gasteiger partial charge in [0.15, 0.2) is 17.1 Å². The summed E-state index contributed by atoms with van der Waals surface area (Å²) in [5.41, 5.74) is 2.65. The molecule has 0 atom stereocenters. The van der Waals surface area contributed by atoms with E-state index >= 15 is 0 Å². The van der Waals surface area contributed by atoms with Gasteiger partial charge in [-0.05, 0) is 35.7 Å². The number of nitrogens with one attached hydrogen (secondary N) is 1. The summed E-state index contributed by atoms with van der Waals surface area (Å²) < 4.78 is 13.3. The standard InChI is InChI=1S/C24H25N5O4/c1-15(2)16-5-8-18(9-6-16)29-23-19(12-26-29)24(31)28(14-25-23)13-22(30)27-17-7-10-20(32-3)21(11-17)33-4/h5-12,14-15H,13H2,1-4H3,(H,27,30). The molecule has 0 saturated carbocycles. The predicted molar refractivity (Wildman–Crippen MR) is 125 cm³/mol. The van der Waals surface area contributed by atoms with E-state index in [4.69, 9.17) is 9.47 Å². The fraction of sp³-hybridized carbons (Fsp3) is 0.250. The second-order valence-corrected chi connectivity index (χ2v) is 7.84. The molecule has 0 bridgehead atoms. The van der Waals surface area contributed by atoms with Crippen molar-refractivity contribution in [2.75, 3.05) is 19.5 Å². The Balaban J connectivity index is 1.55. The second-order valence-electron chi connectivity index (χ2n) is 7.84. The number of methoxy groups -OCH3 is 2. The Kier molecular flexibility index (Phi) is 6.12. The smallest absolute Gasteiger partial charge is 0.264 e. The second kappa shape index (κ2) is 9.15. The van der Waals surface area contributed by atoms with Crippen LogP contribution in [0.1, 0.15) is 25.3 Å². The van der Waals surface area contributed by atoms with E-state index in [1.54, 1.807) is 22.9 Å². The van der Waals surface area contributed by atoms with Gasteiger partial charge in [-0.1, -0.05) is 26.0 Å². The van der Waals surface area contributed by atoms with Crippen LogP contribution in [0.25, 0.3) is 16.7 Å². The summed E-state index contributed by atoms with van der Waals surface area (Å²) in [5.74, 6) is 1.09. The fourth-order valence-corrected chi connectivity index (χ4v) is 3.52. The van der Waals surface area contributed by atoms with Gasteiger partial charge in [-0.25, -0.2) is 9.67 Å². The molecule has 4 rings (SSSR count). The van der Waals surface area contributed by atoms with Gasteiger partial charge in [-0.2, -0.15) is 5.10 Å². The van der Waals surface area contributed by atoms with Gasteiger partial charge in [-0.3, -0.25) is 14.2 Å². The highest BCUT2D eigenvalue weighted by molar-refractivity contribution is 5.91. The number of aromatic nitrogens is 4. The number of amides is 1. The van der Waals surface area contributed by atoms with Crippen LogP contribution in [0.4, 0.5) is 5.69 Å². The Morgan fingerprint density at radius 1 is 1.06 bits per heavy atom. The van der Waals surface area contributed by atoms with Crippen molar-refractivity contribution in [3.63, 3.8) is 0 Å². The Labute approximate surface area is 190 Å². The first kappa shape index (κ1) is 22.1. The zero-order chi connectivity index (χ0) is 23.5. The summed E-state index contributed by atoms with van der Waals surface area (Å²) in [7, 11) is 3.05. The number of benzene rings is 2. The molecule has 9 nitrogen and oxygen atoms in total. The van der Waals surface area contributed by atoms with Crippen LogP contribution in [-0.4, -0.2) is 39.5 Å². The third kappa shape index (κ3) is 4.43. The van der Waals surface area contributed by atoms with E-state index in [0.717, 1.165) is 5.69 Å². The van der Waals surface area contributed by atoms with E-state index < -0.39 is 0 Å². The number of carbonyl (C=O) groups excluding carboxylic acids is 1. The van der Waals surface area contributed by atoms with Crippen LogP contribution in [0.2, 0.25) is 0 Å². The zero-order valence-corrected chi connectivity index (χ0v) is 18.9. The first-order valence-electron chi connectivity index (χ1n) is 10.5. The average Bonchev–Trinajstić information content (AvgIpc) is 3.25. The SMILES string of the molecule is COc1ccc(NC(=O)Cn2cnc3c(cnn3-c3ccc(C(C)C)cc3)c2=O)cc1OC. The molecule has 2 aromatic heterocycles. The molecule has 2 aromatic carbocycles. The van der Waals surface area contributed by atoms with Gasteiger partial charge >= 0.3 is 0 Å². The molecular formula is C24H25N5O4. The van der Waals surface area contributed by atoms with E-state index in [1.807, 2.05) is 24.3 Å². The molecule has 0 saturated heterocycles. The Bertz CT molecular complexity index is 1360. The number of hydrogen-bond acceptors (Lipinski definition) is 6. The number of anilines is 1. The van der Waals surface area contributed by atoms with Crippen molar-refractivity contribution in [2.24, 2.45) is 0 Å². The zero-order valence-electron chi connectivity index (χ0n) is 18.9. The van der Waals surface area contributed by atoms with E-state index in [-0.39, 0.29) is 18.0 Å². The lowest BCUT2D eigenvalue weighted by atomic mass is 10.0. The summed E-state index contributed by atoms with van der Waals surface area (Å²) >= 11 is 0. The molecular weight excluding hydrogens is 422 g/mol. The Hall–Kier alpha value is -4.14. The van der Waals surface area contributed by atoms with Crippen LogP contribution < -0.4 is 20.3 Å². The molecule has 0 spiro atoms. The third-order valence-corrected chi connectivity index (χ3v) is 5.34. The maximum Gasteiger partial charge on any atom is 0.264 e. The van der Waals surface area contributed by atoms with Gasteiger partial charge in [0.05, 0.1) is 26.1 Å². The molecule has 0 aliphatic heterocycles. The number of hydrogen-bond donors (Lipinski definition) is 1. The summed E-state index contributed by atoms with van der Waals surface area (Å²) in [4.78, 5) is 29.9. The van der Waals surface area contributed by atoms with Gasteiger partial charge < -0.3 is 14.8 Å². The first-order valence-corrected chi connectivity index (χ1v) is 10.5. The third-order valence-electron chi connectivity index (χ3n) is 5.34. The summed E-state index contributed by atoms with van der Waals surface area (Å²) in [6.07, 6.45) is 2.84. The van der Waals surface area contributed by atoms with E-state index in [1.165, 1.54) is 36.9 Å². The molecule has 2 heterocycles. The molecule has 1 N–H and O–H groups in total. The molecule has 4 aromatic rings. The average molecular weight is 447 g/mol. The highest BCUT2D eigenvalue weighted by atomic mass is 16.5. The number of ether oxygens (including phenoxy) is 2. The monoisotopic (exact) mass is 447 g/mol. The van der Waals surface area contributed by atoms with Crippen LogP contribution in [0.5, 0.6) is 11.5 Å². The van der Waals surface area contributed by atoms with Gasteiger partial charge in [-0.15, -0.1) is 0 Å². The highest BCUT2D eigenvalue weighted by Crippen LogP contribution is 2.29. The van der Waals surface area contributed by atoms with E-state index in [0.29, 0.717) is 34.1 Å². The lowest BCUT2D eigenvalue weighted by Crippen LogP contribution is -2.27. The highest BCUT2D eigenvalue weighted by Gasteiger charge is 2.14. The van der Waals surface area contributed by atoms with Gasteiger partial charge in [0.2, 0.25) is 5.91 Å². The lowest BCUT2D eigenvalue weighted by Gasteiger charge is -2.11. The minimum Gasteiger partial charge on any atom is -0.493 e. The molecule has 0 unspecified atom stereocenters. The van der Waals surface area contributed by atoms with Gasteiger partial charge in [0, 0.05) is 11.8 Å². The van der Waals surface area contributed by atoms with Gasteiger partial charge in [0.1, 0.15) is 18.3 Å². The van der Waals surface area contributed by atoms with Crippen molar-refractivity contribution in [1.82, 2.24) is 19.3 Å². The molecule has 0 fully saturated rings. The maximum absolute atomic E-state index is 12.9. The van der Waals surface area contributed by atoms with Crippen molar-refractivity contribution >= 4 is 22.6 Å². The quantitative estimate of drug-likeness (QED) is 0.466. The first-order chi connectivity index (χ1) is 15.9. The topological polar surface area (TPSA) is 100 Å². The number of nitrogens with zero attached hydrogens (tertiary/aromatic N) is 4. The van der Waals surface area contributed by atoms with Crippen molar-refractivity contribution in [3.8, 4) is 17.2 Å². The molecule has 0 radical (unpaired) electrons. The Morgan fingerprint density at radius 3 is 2.45 bits per heavy atom. The van der Waals surface area contributed by atoms with Crippen LogP contribution in [0.3, 0.4) is 0 Å². The Morgan fingerprint density at radius 2 is 1.79 bits per heavy atom. The maximum atomic E-state index is 12.9. The van der Waals surface area contributed by atoms with Crippen molar-refractivity contribution in [3.05, 3.63) is 70.9 Å². The molecule has 9 heteroatoms. The minimum atomic E-state index is -0.373. The van der Waals surface area contributed by atoms with Crippen molar-refractivity contribution in [2.45, 2.75) is 26.3 Å². The number of fused-ring (bicyclic) bond motifs is 1. The molecule has 170 valence electrons. The van der Waals surface area contributed by atoms with Crippen LogP contribution >= 0.6 is 0 Å². The summed E-state index contributed by atoms with van der Waals surface area (Å²) in [6.45, 7) is 4.07. The van der Waals surface area contributed by atoms with Gasteiger partial charge in [0.25, 0.3) is 5.56 Å². The van der Waals surface area contributed by atoms with Crippen LogP contribution in [0.15, 0.2) is 59.8 Å². The van der Waals surface area contributed by atoms with Crippen molar-refractivity contribution in [1.29, 1.82) is 0 Å². The molecule has 0 aliphatic carbocycles. The largest absolute Gasteiger partial charge is 0.493 e. The number of rotatable bonds is 7. The van der Waals surface area contributed by atoms with Crippen LogP contribution in [0, 0.1) is 0 Å². The molecule has 33 heavy (non-hydrogen) atoms. The minimum absolute atomic E-state index is 0.190. The lowest BCUT2D eigenvalue weighted by molar-refractivity contribution is -0.116. The van der Waals surface area contributed by atoms with E-state index in [2.05, 4.69) is 29.2 Å². The summed E-state index contributed by atoms with van der Waals surface area (Å²) in [5, 5.41) is 7.43. The fourth-order valence-electron chi connectivity index (χ4n) is 3.52. The molecule has 0 aliphatic rings. The van der Waals surface area contributed by atoms with Crippen LogP contribution in [-0.2, 0) is 11.3 Å². The van der Waals surface area contributed by atoms with E-state index in [9.17, 15) is 9.59 Å². The molecule has 1 amide bonds. The number of carbonyl (C=O) groups is 1. The van der Waals surface area contributed by atoms with Crippen molar-refractivity contribution < 1.29 is 14.3 Å². The summed E-state index contributed by atoms with van der Waals surface area (Å²) in [6, 6.07) is 13.0. The predicted octanol–water partition coefficient (Wildman–Crippen LogP) is 3.36. The normalized spacial score (nSPS) is 11.1.